The molecule has 0 aliphatic carbocycles. The minimum absolute atomic E-state index is 0.122. The van der Waals surface area contributed by atoms with Crippen LogP contribution in [0.25, 0.3) is 11.0 Å². The lowest BCUT2D eigenvalue weighted by Gasteiger charge is -2.00. The summed E-state index contributed by atoms with van der Waals surface area (Å²) < 4.78 is 10.8. The number of para-hydroxylation sites is 1. The molecule has 3 heteroatoms. The predicted molar refractivity (Wildman–Crippen MR) is 77.4 cm³/mol. The summed E-state index contributed by atoms with van der Waals surface area (Å²) in [5.74, 6) is 0.963. The van der Waals surface area contributed by atoms with Gasteiger partial charge >= 0.3 is 0 Å². The number of ether oxygens (including phenoxy) is 1. The fourth-order valence-electron chi connectivity index (χ4n) is 2.21. The third-order valence-corrected chi connectivity index (χ3v) is 3.32. The molecular weight excluding hydrogens is 252 g/mol. The molecule has 3 rings (SSSR count). The Kier molecular flexibility index (Phi) is 3.03. The first-order valence-corrected chi connectivity index (χ1v) is 6.37. The molecule has 0 atom stereocenters. The largest absolute Gasteiger partial charge is 0.497 e. The van der Waals surface area contributed by atoms with Crippen LogP contribution >= 0.6 is 0 Å². The van der Waals surface area contributed by atoms with E-state index >= 15 is 0 Å². The maximum atomic E-state index is 12.4. The number of aryl methyl sites for hydroxylation is 1. The van der Waals surface area contributed by atoms with Gasteiger partial charge in [-0.2, -0.15) is 0 Å². The van der Waals surface area contributed by atoms with E-state index in [9.17, 15) is 4.79 Å². The van der Waals surface area contributed by atoms with E-state index in [1.165, 1.54) is 0 Å². The van der Waals surface area contributed by atoms with Gasteiger partial charge in [-0.3, -0.25) is 4.79 Å². The van der Waals surface area contributed by atoms with Gasteiger partial charge in [-0.15, -0.1) is 0 Å². The Labute approximate surface area is 116 Å². The minimum atomic E-state index is -0.122. The summed E-state index contributed by atoms with van der Waals surface area (Å²) >= 11 is 0. The van der Waals surface area contributed by atoms with Gasteiger partial charge in [0.1, 0.15) is 11.3 Å². The molecular formula is C17H14O3. The zero-order valence-electron chi connectivity index (χ0n) is 11.3. The number of hydrogen-bond acceptors (Lipinski definition) is 3. The highest BCUT2D eigenvalue weighted by molar-refractivity contribution is 6.09. The number of hydrogen-bond donors (Lipinski definition) is 0. The van der Waals surface area contributed by atoms with E-state index in [0.29, 0.717) is 11.3 Å². The van der Waals surface area contributed by atoms with Crippen LogP contribution in [0.4, 0.5) is 0 Å². The van der Waals surface area contributed by atoms with Gasteiger partial charge in [-0.1, -0.05) is 18.2 Å². The quantitative estimate of drug-likeness (QED) is 0.673. The molecule has 0 radical (unpaired) electrons. The third-order valence-electron chi connectivity index (χ3n) is 3.32. The van der Waals surface area contributed by atoms with E-state index in [-0.39, 0.29) is 5.78 Å². The van der Waals surface area contributed by atoms with Crippen LogP contribution in [-0.2, 0) is 0 Å². The summed E-state index contributed by atoms with van der Waals surface area (Å²) in [6.45, 7) is 1.97. The van der Waals surface area contributed by atoms with Crippen molar-refractivity contribution in [1.82, 2.24) is 0 Å². The van der Waals surface area contributed by atoms with Gasteiger partial charge in [-0.25, -0.2) is 0 Å². The van der Waals surface area contributed by atoms with E-state index in [1.54, 1.807) is 37.4 Å². The number of ketones is 1. The standard InChI is InChI=1S/C17H14O3/c1-11-4-3-5-13-10-15(20-17(11)13)16(18)12-6-8-14(19-2)9-7-12/h3-10H,1-2H3. The summed E-state index contributed by atoms with van der Waals surface area (Å²) in [4.78, 5) is 12.4. The lowest BCUT2D eigenvalue weighted by atomic mass is 10.1. The number of methoxy groups -OCH3 is 1. The van der Waals surface area contributed by atoms with Crippen molar-refractivity contribution in [3.63, 3.8) is 0 Å². The Morgan fingerprint density at radius 2 is 1.85 bits per heavy atom. The van der Waals surface area contributed by atoms with Crippen molar-refractivity contribution in [2.24, 2.45) is 0 Å². The van der Waals surface area contributed by atoms with Crippen molar-refractivity contribution in [3.8, 4) is 5.75 Å². The third kappa shape index (κ3) is 2.07. The predicted octanol–water partition coefficient (Wildman–Crippen LogP) is 3.98. The number of rotatable bonds is 3. The minimum Gasteiger partial charge on any atom is -0.497 e. The van der Waals surface area contributed by atoms with Gasteiger partial charge in [0.15, 0.2) is 5.76 Å². The average molecular weight is 266 g/mol. The second kappa shape index (κ2) is 4.85. The van der Waals surface area contributed by atoms with Crippen molar-refractivity contribution in [3.05, 3.63) is 65.4 Å². The van der Waals surface area contributed by atoms with Crippen molar-refractivity contribution in [2.75, 3.05) is 7.11 Å². The summed E-state index contributed by atoms with van der Waals surface area (Å²) in [6.07, 6.45) is 0. The second-order valence-corrected chi connectivity index (χ2v) is 4.66. The maximum absolute atomic E-state index is 12.4. The zero-order valence-corrected chi connectivity index (χ0v) is 11.3. The summed E-state index contributed by atoms with van der Waals surface area (Å²) in [6, 6.07) is 14.7. The van der Waals surface area contributed by atoms with Gasteiger partial charge in [-0.05, 0) is 42.8 Å². The first kappa shape index (κ1) is 12.5. The fourth-order valence-corrected chi connectivity index (χ4v) is 2.21. The SMILES string of the molecule is COc1ccc(C(=O)c2cc3cccc(C)c3o2)cc1. The Morgan fingerprint density at radius 3 is 2.50 bits per heavy atom. The highest BCUT2D eigenvalue weighted by Crippen LogP contribution is 2.24. The molecule has 1 aromatic heterocycles. The second-order valence-electron chi connectivity index (χ2n) is 4.66. The lowest BCUT2D eigenvalue weighted by Crippen LogP contribution is -1.99. The van der Waals surface area contributed by atoms with Crippen molar-refractivity contribution in [1.29, 1.82) is 0 Å². The van der Waals surface area contributed by atoms with Crippen molar-refractivity contribution in [2.45, 2.75) is 6.92 Å². The topological polar surface area (TPSA) is 39.4 Å². The molecule has 20 heavy (non-hydrogen) atoms. The average Bonchev–Trinajstić information content (AvgIpc) is 2.92. The fraction of sp³-hybridized carbons (Fsp3) is 0.118. The Bertz CT molecular complexity index is 767. The van der Waals surface area contributed by atoms with E-state index in [1.807, 2.05) is 25.1 Å². The number of carbonyl (C=O) groups is 1. The first-order chi connectivity index (χ1) is 9.69. The van der Waals surface area contributed by atoms with E-state index in [0.717, 1.165) is 22.3 Å². The van der Waals surface area contributed by atoms with Crippen LogP contribution < -0.4 is 4.74 Å². The molecule has 0 aliphatic rings. The maximum Gasteiger partial charge on any atom is 0.228 e. The molecule has 0 aliphatic heterocycles. The van der Waals surface area contributed by atoms with Gasteiger partial charge in [0.05, 0.1) is 7.11 Å². The molecule has 0 bridgehead atoms. The molecule has 0 fully saturated rings. The normalized spacial score (nSPS) is 10.7. The molecule has 0 saturated heterocycles. The Balaban J connectivity index is 2.01. The van der Waals surface area contributed by atoms with Crippen LogP contribution in [0, 0.1) is 6.92 Å². The molecule has 1 heterocycles. The highest BCUT2D eigenvalue weighted by Gasteiger charge is 2.15. The van der Waals surface area contributed by atoms with Gasteiger partial charge in [0.25, 0.3) is 0 Å². The Morgan fingerprint density at radius 1 is 1.10 bits per heavy atom. The van der Waals surface area contributed by atoms with Gasteiger partial charge in [0.2, 0.25) is 5.78 Å². The molecule has 3 aromatic rings. The monoisotopic (exact) mass is 266 g/mol. The molecule has 0 spiro atoms. The van der Waals surface area contributed by atoms with E-state index in [2.05, 4.69) is 0 Å². The first-order valence-electron chi connectivity index (χ1n) is 6.37. The smallest absolute Gasteiger partial charge is 0.228 e. The molecule has 100 valence electrons. The van der Waals surface area contributed by atoms with Gasteiger partial charge < -0.3 is 9.15 Å². The summed E-state index contributed by atoms with van der Waals surface area (Å²) in [7, 11) is 1.60. The highest BCUT2D eigenvalue weighted by atomic mass is 16.5. The summed E-state index contributed by atoms with van der Waals surface area (Å²) in [5.41, 5.74) is 2.38. The Hall–Kier alpha value is -2.55. The molecule has 0 N–H and O–H groups in total. The lowest BCUT2D eigenvalue weighted by molar-refractivity contribution is 0.101. The van der Waals surface area contributed by atoms with Crippen LogP contribution in [0.5, 0.6) is 5.75 Å². The summed E-state index contributed by atoms with van der Waals surface area (Å²) in [5, 5.41) is 0.946. The van der Waals surface area contributed by atoms with Crippen LogP contribution in [-0.4, -0.2) is 12.9 Å². The molecule has 0 unspecified atom stereocenters. The van der Waals surface area contributed by atoms with Gasteiger partial charge in [0, 0.05) is 10.9 Å². The molecule has 0 saturated carbocycles. The van der Waals surface area contributed by atoms with Crippen LogP contribution in [0.15, 0.2) is 52.9 Å². The van der Waals surface area contributed by atoms with Crippen LogP contribution in [0.2, 0.25) is 0 Å². The number of benzene rings is 2. The number of furan rings is 1. The van der Waals surface area contributed by atoms with E-state index < -0.39 is 0 Å². The van der Waals surface area contributed by atoms with Crippen LogP contribution in [0.1, 0.15) is 21.7 Å². The number of fused-ring (bicyclic) bond motifs is 1. The molecule has 2 aromatic carbocycles. The van der Waals surface area contributed by atoms with Crippen molar-refractivity contribution >= 4 is 16.8 Å². The molecule has 0 amide bonds. The zero-order chi connectivity index (χ0) is 14.1. The number of carbonyl (C=O) groups excluding carboxylic acids is 1. The van der Waals surface area contributed by atoms with Crippen molar-refractivity contribution < 1.29 is 13.9 Å². The molecule has 3 nitrogen and oxygen atoms in total. The van der Waals surface area contributed by atoms with E-state index in [4.69, 9.17) is 9.15 Å². The van der Waals surface area contributed by atoms with Crippen LogP contribution in [0.3, 0.4) is 0 Å².